The van der Waals surface area contributed by atoms with Gasteiger partial charge in [-0.2, -0.15) is 0 Å². The minimum absolute atomic E-state index is 0.0846. The molecular weight excluding hydrogens is 320 g/mol. The molecule has 4 aromatic rings. The molecule has 0 unspecified atom stereocenters. The smallest absolute Gasteiger partial charge is 0.257 e. The lowest BCUT2D eigenvalue weighted by molar-refractivity contribution is -0.113. The van der Waals surface area contributed by atoms with Crippen LogP contribution in [-0.4, -0.2) is 16.6 Å². The van der Waals surface area contributed by atoms with E-state index in [1.807, 2.05) is 66.7 Å². The van der Waals surface area contributed by atoms with Crippen molar-refractivity contribution in [1.82, 2.24) is 4.98 Å². The van der Waals surface area contributed by atoms with Crippen molar-refractivity contribution in [2.75, 3.05) is 11.1 Å². The third-order valence-electron chi connectivity index (χ3n) is 3.66. The van der Waals surface area contributed by atoms with Gasteiger partial charge in [0, 0.05) is 11.1 Å². The van der Waals surface area contributed by atoms with Crippen molar-refractivity contribution in [3.05, 3.63) is 66.7 Å². The van der Waals surface area contributed by atoms with Gasteiger partial charge in [-0.25, -0.2) is 4.98 Å². The normalized spacial score (nSPS) is 11.0. The summed E-state index contributed by atoms with van der Waals surface area (Å²) in [4.78, 5) is 16.6. The summed E-state index contributed by atoms with van der Waals surface area (Å²) in [5.41, 5.74) is 2.35. The highest BCUT2D eigenvalue weighted by atomic mass is 32.2. The predicted molar refractivity (Wildman–Crippen MR) is 97.3 cm³/mol. The number of thioether (sulfide) groups is 1. The SMILES string of the molecule is O=C(CSc1nc2ccccc2o1)Nc1cccc2ccccc12. The predicted octanol–water partition coefficient (Wildman–Crippen LogP) is 4.71. The van der Waals surface area contributed by atoms with Gasteiger partial charge in [0.25, 0.3) is 5.22 Å². The van der Waals surface area contributed by atoms with Gasteiger partial charge < -0.3 is 9.73 Å². The third kappa shape index (κ3) is 2.98. The van der Waals surface area contributed by atoms with Crippen LogP contribution >= 0.6 is 11.8 Å². The molecule has 1 heterocycles. The summed E-state index contributed by atoms with van der Waals surface area (Å²) in [6.45, 7) is 0. The molecule has 1 N–H and O–H groups in total. The molecule has 3 aromatic carbocycles. The van der Waals surface area contributed by atoms with Crippen LogP contribution < -0.4 is 5.32 Å². The lowest BCUT2D eigenvalue weighted by atomic mass is 10.1. The van der Waals surface area contributed by atoms with Gasteiger partial charge in [0.05, 0.1) is 5.75 Å². The first-order chi connectivity index (χ1) is 11.8. The van der Waals surface area contributed by atoms with E-state index in [0.29, 0.717) is 5.22 Å². The van der Waals surface area contributed by atoms with Crippen LogP contribution in [0, 0.1) is 0 Å². The summed E-state index contributed by atoms with van der Waals surface area (Å²) in [5.74, 6) is 0.161. The minimum Gasteiger partial charge on any atom is -0.431 e. The van der Waals surface area contributed by atoms with Crippen LogP contribution in [0.25, 0.3) is 21.9 Å². The Bertz CT molecular complexity index is 988. The second-order valence-corrected chi connectivity index (χ2v) is 6.24. The van der Waals surface area contributed by atoms with Crippen LogP contribution in [0.1, 0.15) is 0 Å². The van der Waals surface area contributed by atoms with Crippen LogP contribution in [0.5, 0.6) is 0 Å². The Morgan fingerprint density at radius 2 is 1.79 bits per heavy atom. The van der Waals surface area contributed by atoms with Gasteiger partial charge >= 0.3 is 0 Å². The topological polar surface area (TPSA) is 55.1 Å². The average Bonchev–Trinajstić information content (AvgIpc) is 3.03. The van der Waals surface area contributed by atoms with Gasteiger partial charge in [-0.1, -0.05) is 60.3 Å². The summed E-state index contributed by atoms with van der Waals surface area (Å²) in [7, 11) is 0. The van der Waals surface area contributed by atoms with Gasteiger partial charge in [-0.15, -0.1) is 0 Å². The number of nitrogens with one attached hydrogen (secondary N) is 1. The monoisotopic (exact) mass is 334 g/mol. The Labute approximate surface area is 142 Å². The Balaban J connectivity index is 1.46. The minimum atomic E-state index is -0.0846. The highest BCUT2D eigenvalue weighted by molar-refractivity contribution is 7.99. The van der Waals surface area contributed by atoms with Crippen LogP contribution in [0.15, 0.2) is 76.4 Å². The Morgan fingerprint density at radius 3 is 2.71 bits per heavy atom. The number of benzene rings is 3. The molecule has 0 aliphatic carbocycles. The molecule has 1 aromatic heterocycles. The highest BCUT2D eigenvalue weighted by Gasteiger charge is 2.10. The number of fused-ring (bicyclic) bond motifs is 2. The molecule has 0 aliphatic rings. The Kier molecular flexibility index (Phi) is 3.92. The lowest BCUT2D eigenvalue weighted by Gasteiger charge is -2.07. The van der Waals surface area contributed by atoms with Gasteiger partial charge in [0.1, 0.15) is 5.52 Å². The van der Waals surface area contributed by atoms with Crippen molar-refractivity contribution in [2.24, 2.45) is 0 Å². The number of nitrogens with zero attached hydrogens (tertiary/aromatic N) is 1. The number of carbonyl (C=O) groups excluding carboxylic acids is 1. The first-order valence-electron chi connectivity index (χ1n) is 7.55. The number of anilines is 1. The Morgan fingerprint density at radius 1 is 1.00 bits per heavy atom. The first kappa shape index (κ1) is 14.8. The number of hydrogen-bond donors (Lipinski definition) is 1. The summed E-state index contributed by atoms with van der Waals surface area (Å²) in [6.07, 6.45) is 0. The molecule has 0 radical (unpaired) electrons. The molecule has 0 saturated heterocycles. The molecule has 0 bridgehead atoms. The fourth-order valence-corrected chi connectivity index (χ4v) is 3.20. The van der Waals surface area contributed by atoms with Crippen LogP contribution in [0.2, 0.25) is 0 Å². The fraction of sp³-hybridized carbons (Fsp3) is 0.0526. The molecule has 0 saturated carbocycles. The van der Waals surface area contributed by atoms with Crippen LogP contribution in [0.4, 0.5) is 5.69 Å². The number of oxazole rings is 1. The van der Waals surface area contributed by atoms with Crippen molar-refractivity contribution in [3.63, 3.8) is 0 Å². The molecule has 1 amide bonds. The van der Waals surface area contributed by atoms with E-state index >= 15 is 0 Å². The zero-order valence-electron chi connectivity index (χ0n) is 12.7. The maximum Gasteiger partial charge on any atom is 0.257 e. The summed E-state index contributed by atoms with van der Waals surface area (Å²) >= 11 is 1.29. The summed E-state index contributed by atoms with van der Waals surface area (Å²) in [5, 5.41) is 5.59. The maximum atomic E-state index is 12.2. The largest absolute Gasteiger partial charge is 0.431 e. The van der Waals surface area contributed by atoms with Crippen molar-refractivity contribution in [2.45, 2.75) is 5.22 Å². The zero-order valence-corrected chi connectivity index (χ0v) is 13.5. The highest BCUT2D eigenvalue weighted by Crippen LogP contribution is 2.25. The van der Waals surface area contributed by atoms with Gasteiger partial charge in [-0.05, 0) is 23.6 Å². The van der Waals surface area contributed by atoms with Gasteiger partial charge in [0.15, 0.2) is 5.58 Å². The first-order valence-corrected chi connectivity index (χ1v) is 8.54. The quantitative estimate of drug-likeness (QED) is 0.549. The molecule has 5 heteroatoms. The standard InChI is InChI=1S/C19H14N2O2S/c22-18(12-24-19-21-16-9-3-4-11-17(16)23-19)20-15-10-5-7-13-6-1-2-8-14(13)15/h1-11H,12H2,(H,20,22). The van der Waals surface area contributed by atoms with E-state index in [4.69, 9.17) is 4.42 Å². The van der Waals surface area contributed by atoms with Gasteiger partial charge in [0.2, 0.25) is 5.91 Å². The number of amides is 1. The molecule has 118 valence electrons. The van der Waals surface area contributed by atoms with Crippen LogP contribution in [0.3, 0.4) is 0 Å². The van der Waals surface area contributed by atoms with Crippen LogP contribution in [-0.2, 0) is 4.79 Å². The molecule has 24 heavy (non-hydrogen) atoms. The number of carbonyl (C=O) groups is 1. The second kappa shape index (κ2) is 6.37. The van der Waals surface area contributed by atoms with E-state index in [0.717, 1.165) is 27.6 Å². The number of aromatic nitrogens is 1. The third-order valence-corrected chi connectivity index (χ3v) is 4.49. The van der Waals surface area contributed by atoms with E-state index in [-0.39, 0.29) is 11.7 Å². The Hall–Kier alpha value is -2.79. The van der Waals surface area contributed by atoms with Gasteiger partial charge in [-0.3, -0.25) is 4.79 Å². The van der Waals surface area contributed by atoms with E-state index in [9.17, 15) is 4.79 Å². The van der Waals surface area contributed by atoms with Crippen molar-refractivity contribution >= 4 is 45.2 Å². The van der Waals surface area contributed by atoms with Crippen molar-refractivity contribution in [1.29, 1.82) is 0 Å². The van der Waals surface area contributed by atoms with E-state index in [1.54, 1.807) is 0 Å². The molecule has 0 aliphatic heterocycles. The number of para-hydroxylation sites is 2. The number of hydrogen-bond acceptors (Lipinski definition) is 4. The molecule has 4 nitrogen and oxygen atoms in total. The molecular formula is C19H14N2O2S. The molecule has 0 atom stereocenters. The van der Waals surface area contributed by atoms with E-state index in [1.165, 1.54) is 11.8 Å². The molecule has 4 rings (SSSR count). The van der Waals surface area contributed by atoms with E-state index in [2.05, 4.69) is 10.3 Å². The molecule has 0 fully saturated rings. The summed E-state index contributed by atoms with van der Waals surface area (Å²) in [6, 6.07) is 21.4. The molecule has 0 spiro atoms. The van der Waals surface area contributed by atoms with Crippen molar-refractivity contribution < 1.29 is 9.21 Å². The maximum absolute atomic E-state index is 12.2. The lowest BCUT2D eigenvalue weighted by Crippen LogP contribution is -2.14. The fourth-order valence-electron chi connectivity index (χ4n) is 2.56. The summed E-state index contributed by atoms with van der Waals surface area (Å²) < 4.78 is 5.61. The van der Waals surface area contributed by atoms with Crippen molar-refractivity contribution in [3.8, 4) is 0 Å². The average molecular weight is 334 g/mol. The number of rotatable bonds is 4. The second-order valence-electron chi connectivity index (χ2n) is 5.31. The zero-order chi connectivity index (χ0) is 16.4. The van der Waals surface area contributed by atoms with E-state index < -0.39 is 0 Å².